The molecule has 132 valence electrons. The van der Waals surface area contributed by atoms with Gasteiger partial charge in [0.1, 0.15) is 4.90 Å². The van der Waals surface area contributed by atoms with E-state index in [2.05, 4.69) is 4.90 Å². The molecule has 0 spiro atoms. The predicted octanol–water partition coefficient (Wildman–Crippen LogP) is 1.20. The monoisotopic (exact) mass is 354 g/mol. The van der Waals surface area contributed by atoms with Gasteiger partial charge in [-0.2, -0.15) is 4.31 Å². The highest BCUT2D eigenvalue weighted by atomic mass is 32.2. The smallest absolute Gasteiger partial charge is 0.247 e. The summed E-state index contributed by atoms with van der Waals surface area (Å²) < 4.78 is 44.8. The summed E-state index contributed by atoms with van der Waals surface area (Å²) in [5.41, 5.74) is 1.72. The molecule has 0 bridgehead atoms. The van der Waals surface area contributed by atoms with Gasteiger partial charge in [-0.3, -0.25) is 0 Å². The van der Waals surface area contributed by atoms with Crippen molar-refractivity contribution in [3.63, 3.8) is 0 Å². The molecule has 4 rings (SSSR count). The predicted molar refractivity (Wildman–Crippen MR) is 87.1 cm³/mol. The topological polar surface area (TPSA) is 68.3 Å². The molecule has 0 radical (unpaired) electrons. The Balaban J connectivity index is 1.97. The Kier molecular flexibility index (Phi) is 3.85. The van der Waals surface area contributed by atoms with Crippen LogP contribution >= 0.6 is 0 Å². The highest BCUT2D eigenvalue weighted by Crippen LogP contribution is 2.51. The van der Waals surface area contributed by atoms with Crippen molar-refractivity contribution in [2.45, 2.75) is 30.7 Å². The van der Waals surface area contributed by atoms with E-state index in [0.717, 1.165) is 30.5 Å². The third-order valence-corrected chi connectivity index (χ3v) is 6.97. The van der Waals surface area contributed by atoms with Gasteiger partial charge >= 0.3 is 0 Å². The normalized spacial score (nSPS) is 21.1. The number of sulfonamides is 1. The van der Waals surface area contributed by atoms with Crippen molar-refractivity contribution < 1.29 is 22.6 Å². The summed E-state index contributed by atoms with van der Waals surface area (Å²) in [5, 5.41) is 0. The maximum Gasteiger partial charge on any atom is 0.247 e. The van der Waals surface area contributed by atoms with E-state index in [4.69, 9.17) is 14.2 Å². The van der Waals surface area contributed by atoms with Crippen LogP contribution in [0.25, 0.3) is 0 Å². The maximum atomic E-state index is 13.3. The summed E-state index contributed by atoms with van der Waals surface area (Å²) in [7, 11) is 0.00602. The maximum absolute atomic E-state index is 13.3. The summed E-state index contributed by atoms with van der Waals surface area (Å²) in [4.78, 5) is 2.44. The van der Waals surface area contributed by atoms with Crippen LogP contribution in [0.3, 0.4) is 0 Å². The van der Waals surface area contributed by atoms with E-state index in [1.807, 2.05) is 7.05 Å². The van der Waals surface area contributed by atoms with Crippen molar-refractivity contribution in [2.24, 2.45) is 0 Å². The fraction of sp³-hybridized carbons (Fsp3) is 0.625. The van der Waals surface area contributed by atoms with Gasteiger partial charge in [-0.1, -0.05) is 0 Å². The van der Waals surface area contributed by atoms with E-state index in [1.165, 1.54) is 0 Å². The number of methoxy groups -OCH3 is 1. The molecule has 7 nitrogen and oxygen atoms in total. The van der Waals surface area contributed by atoms with Gasteiger partial charge in [-0.15, -0.1) is 0 Å². The van der Waals surface area contributed by atoms with E-state index in [1.54, 1.807) is 11.4 Å². The second kappa shape index (κ2) is 5.79. The average molecular weight is 354 g/mol. The molecule has 1 aromatic rings. The quantitative estimate of drug-likeness (QED) is 0.812. The van der Waals surface area contributed by atoms with Gasteiger partial charge in [0.15, 0.2) is 11.5 Å². The Hall–Kier alpha value is -1.51. The molecule has 3 aliphatic heterocycles. The van der Waals surface area contributed by atoms with Crippen LogP contribution in [0.15, 0.2) is 4.90 Å². The van der Waals surface area contributed by atoms with Crippen molar-refractivity contribution in [1.82, 2.24) is 9.21 Å². The minimum absolute atomic E-state index is 0.0208. The Morgan fingerprint density at radius 1 is 1.04 bits per heavy atom. The van der Waals surface area contributed by atoms with Crippen molar-refractivity contribution in [3.05, 3.63) is 11.1 Å². The van der Waals surface area contributed by atoms with Crippen molar-refractivity contribution in [1.29, 1.82) is 0 Å². The number of fused-ring (bicyclic) bond motifs is 2. The minimum atomic E-state index is -3.59. The Morgan fingerprint density at radius 2 is 1.75 bits per heavy atom. The zero-order valence-corrected chi connectivity index (χ0v) is 14.8. The van der Waals surface area contributed by atoms with Gasteiger partial charge in [0.05, 0.1) is 7.11 Å². The van der Waals surface area contributed by atoms with E-state index >= 15 is 0 Å². The third-order valence-electron chi connectivity index (χ3n) is 4.98. The Bertz CT molecular complexity index is 771. The fourth-order valence-electron chi connectivity index (χ4n) is 3.79. The first kappa shape index (κ1) is 16.0. The van der Waals surface area contributed by atoms with Crippen LogP contribution in [0, 0.1) is 0 Å². The van der Waals surface area contributed by atoms with Gasteiger partial charge < -0.3 is 19.1 Å². The van der Waals surface area contributed by atoms with E-state index in [9.17, 15) is 8.42 Å². The summed E-state index contributed by atoms with van der Waals surface area (Å²) in [6.07, 6.45) is 2.46. The molecule has 0 N–H and O–H groups in total. The number of ether oxygens (including phenoxy) is 3. The zero-order valence-electron chi connectivity index (χ0n) is 14.0. The summed E-state index contributed by atoms with van der Waals surface area (Å²) in [5.74, 6) is 1.34. The number of hydrogen-bond acceptors (Lipinski definition) is 6. The first-order valence-electron chi connectivity index (χ1n) is 8.24. The largest absolute Gasteiger partial charge is 0.492 e. The molecule has 3 aliphatic rings. The standard InChI is InChI=1S/C16H22N2O5S/c1-17-8-5-11-12(9-17)13(21-2)14-15(23-10-22-14)16(11)24(19,20)18-6-3-4-7-18/h3-10H2,1-2H3. The van der Waals surface area contributed by atoms with Gasteiger partial charge in [0.25, 0.3) is 0 Å². The molecule has 1 saturated heterocycles. The second-order valence-corrected chi connectivity index (χ2v) is 8.36. The molecular formula is C16H22N2O5S. The first-order valence-corrected chi connectivity index (χ1v) is 9.68. The molecule has 1 aromatic carbocycles. The molecular weight excluding hydrogens is 332 g/mol. The van der Waals surface area contributed by atoms with E-state index in [-0.39, 0.29) is 6.79 Å². The average Bonchev–Trinajstić information content (AvgIpc) is 3.23. The lowest BCUT2D eigenvalue weighted by molar-refractivity contribution is 0.169. The van der Waals surface area contributed by atoms with Crippen molar-refractivity contribution >= 4 is 10.0 Å². The minimum Gasteiger partial charge on any atom is -0.492 e. The van der Waals surface area contributed by atoms with Crippen molar-refractivity contribution in [2.75, 3.05) is 40.6 Å². The molecule has 0 aromatic heterocycles. The van der Waals surface area contributed by atoms with Gasteiger partial charge in [-0.05, 0) is 31.9 Å². The lowest BCUT2D eigenvalue weighted by Gasteiger charge is -2.30. The molecule has 8 heteroatoms. The van der Waals surface area contributed by atoms with Crippen LogP contribution in [0.4, 0.5) is 0 Å². The van der Waals surface area contributed by atoms with E-state index in [0.29, 0.717) is 48.2 Å². The highest BCUT2D eigenvalue weighted by molar-refractivity contribution is 7.89. The number of nitrogens with zero attached hydrogens (tertiary/aromatic N) is 2. The molecule has 24 heavy (non-hydrogen) atoms. The highest BCUT2D eigenvalue weighted by Gasteiger charge is 2.40. The summed E-state index contributed by atoms with van der Waals surface area (Å²) in [6, 6.07) is 0. The van der Waals surface area contributed by atoms with Crippen LogP contribution in [0.5, 0.6) is 17.2 Å². The first-order chi connectivity index (χ1) is 11.5. The van der Waals surface area contributed by atoms with Crippen LogP contribution in [0.1, 0.15) is 24.0 Å². The lowest BCUT2D eigenvalue weighted by atomic mass is 9.97. The van der Waals surface area contributed by atoms with Crippen LogP contribution < -0.4 is 14.2 Å². The van der Waals surface area contributed by atoms with Gasteiger partial charge in [0.2, 0.25) is 22.6 Å². The molecule has 3 heterocycles. The summed E-state index contributed by atoms with van der Waals surface area (Å²) in [6.45, 7) is 2.60. The lowest BCUT2D eigenvalue weighted by Crippen LogP contribution is -2.32. The van der Waals surface area contributed by atoms with Crippen molar-refractivity contribution in [3.8, 4) is 17.2 Å². The van der Waals surface area contributed by atoms with Crippen LogP contribution in [0.2, 0.25) is 0 Å². The molecule has 0 saturated carbocycles. The van der Waals surface area contributed by atoms with E-state index < -0.39 is 10.0 Å². The van der Waals surface area contributed by atoms with Crippen LogP contribution in [-0.2, 0) is 23.0 Å². The van der Waals surface area contributed by atoms with Gasteiger partial charge in [-0.25, -0.2) is 8.42 Å². The SMILES string of the molecule is COc1c2c(c(S(=O)(=O)N3CCCC3)c3c1OCO3)CCN(C)C2. The number of hydrogen-bond donors (Lipinski definition) is 0. The number of benzene rings is 1. The molecule has 0 amide bonds. The molecule has 0 unspecified atom stereocenters. The van der Waals surface area contributed by atoms with Crippen LogP contribution in [-0.4, -0.2) is 58.2 Å². The van der Waals surface area contributed by atoms with Gasteiger partial charge in [0, 0.05) is 31.7 Å². The molecule has 0 atom stereocenters. The summed E-state index contributed by atoms with van der Waals surface area (Å²) >= 11 is 0. The second-order valence-electron chi connectivity index (χ2n) is 6.48. The zero-order chi connectivity index (χ0) is 16.9. The Labute approximate surface area is 142 Å². The molecule has 0 aliphatic carbocycles. The number of rotatable bonds is 3. The molecule has 1 fully saturated rings. The third kappa shape index (κ3) is 2.28. The number of likely N-dealkylation sites (N-methyl/N-ethyl adjacent to an activating group) is 1. The Morgan fingerprint density at radius 3 is 2.46 bits per heavy atom. The fourth-order valence-corrected chi connectivity index (χ4v) is 5.71.